The molecule has 2 aromatic carbocycles. The Morgan fingerprint density at radius 3 is 2.38 bits per heavy atom. The van der Waals surface area contributed by atoms with Gasteiger partial charge in [0.05, 0.1) is 29.4 Å². The van der Waals surface area contributed by atoms with Gasteiger partial charge >= 0.3 is 5.97 Å². The molecule has 1 N–H and O–H groups in total. The molecule has 2 aromatic rings. The van der Waals surface area contributed by atoms with Crippen molar-refractivity contribution in [3.8, 4) is 5.75 Å². The average molecular weight is 351 g/mol. The molecule has 6 heteroatoms. The van der Waals surface area contributed by atoms with Crippen LogP contribution in [-0.4, -0.2) is 30.1 Å². The van der Waals surface area contributed by atoms with Crippen molar-refractivity contribution in [1.82, 2.24) is 0 Å². The maximum Gasteiger partial charge on any atom is 0.338 e. The fourth-order valence-corrected chi connectivity index (χ4v) is 2.53. The van der Waals surface area contributed by atoms with E-state index in [0.29, 0.717) is 5.56 Å². The minimum Gasteiger partial charge on any atom is -0.507 e. The molecular formula is C18H16ClFO4. The van der Waals surface area contributed by atoms with Gasteiger partial charge in [-0.3, -0.25) is 9.18 Å². The Labute approximate surface area is 143 Å². The van der Waals surface area contributed by atoms with Crippen molar-refractivity contribution in [2.75, 3.05) is 13.3 Å². The molecule has 0 fully saturated rings. The first-order valence-electron chi connectivity index (χ1n) is 7.37. The maximum atomic E-state index is 12.5. The Hall–Kier alpha value is -2.40. The number of hydrogen-bond donors (Lipinski definition) is 1. The summed E-state index contributed by atoms with van der Waals surface area (Å²) in [5.41, 5.74) is 1.04. The van der Waals surface area contributed by atoms with Gasteiger partial charge in [0.2, 0.25) is 0 Å². The number of phenols is 1. The first kappa shape index (κ1) is 17.9. The molecule has 0 aliphatic rings. The number of hydrogen-bond acceptors (Lipinski definition) is 4. The van der Waals surface area contributed by atoms with Crippen LogP contribution in [0.4, 0.5) is 4.39 Å². The number of carbonyl (C=O) groups excluding carboxylic acids is 2. The molecular weight excluding hydrogens is 335 g/mol. The summed E-state index contributed by atoms with van der Waals surface area (Å²) in [6, 6.07) is 8.80. The van der Waals surface area contributed by atoms with Crippen LogP contribution in [-0.2, 0) is 11.2 Å². The van der Waals surface area contributed by atoms with Crippen molar-refractivity contribution in [2.24, 2.45) is 0 Å². The Kier molecular flexibility index (Phi) is 5.93. The molecule has 0 aromatic heterocycles. The monoisotopic (exact) mass is 350 g/mol. The molecule has 126 valence electrons. The highest BCUT2D eigenvalue weighted by molar-refractivity contribution is 6.35. The summed E-state index contributed by atoms with van der Waals surface area (Å²) in [4.78, 5) is 24.2. The van der Waals surface area contributed by atoms with Crippen molar-refractivity contribution in [3.05, 3.63) is 63.7 Å². The lowest BCUT2D eigenvalue weighted by atomic mass is 9.99. The van der Waals surface area contributed by atoms with Gasteiger partial charge in [-0.05, 0) is 24.6 Å². The second-order valence-electron chi connectivity index (χ2n) is 5.04. The van der Waals surface area contributed by atoms with E-state index in [0.717, 1.165) is 11.6 Å². The third-order valence-electron chi connectivity index (χ3n) is 3.41. The van der Waals surface area contributed by atoms with Gasteiger partial charge < -0.3 is 9.84 Å². The van der Waals surface area contributed by atoms with Crippen molar-refractivity contribution in [3.63, 3.8) is 0 Å². The summed E-state index contributed by atoms with van der Waals surface area (Å²) in [7, 11) is 0. The second-order valence-corrected chi connectivity index (χ2v) is 5.44. The van der Waals surface area contributed by atoms with Crippen LogP contribution in [0.1, 0.15) is 38.8 Å². The predicted molar refractivity (Wildman–Crippen MR) is 88.6 cm³/mol. The van der Waals surface area contributed by atoms with E-state index >= 15 is 0 Å². The summed E-state index contributed by atoms with van der Waals surface area (Å²) in [5.74, 6) is -1.52. The number of rotatable bonds is 6. The molecule has 0 aliphatic heterocycles. The normalized spacial score (nSPS) is 10.5. The molecule has 0 saturated heterocycles. The number of halogens is 2. The van der Waals surface area contributed by atoms with Crippen molar-refractivity contribution in [2.45, 2.75) is 13.3 Å². The topological polar surface area (TPSA) is 63.6 Å². The maximum absolute atomic E-state index is 12.5. The van der Waals surface area contributed by atoms with E-state index in [9.17, 15) is 19.1 Å². The molecule has 0 saturated carbocycles. The van der Waals surface area contributed by atoms with E-state index in [1.807, 2.05) is 0 Å². The molecule has 24 heavy (non-hydrogen) atoms. The summed E-state index contributed by atoms with van der Waals surface area (Å²) in [6.45, 7) is 1.36. The van der Waals surface area contributed by atoms with Gasteiger partial charge in [0, 0.05) is 12.0 Å². The number of carbonyl (C=O) groups is 2. The number of esters is 1. The Balaban J connectivity index is 2.34. The highest BCUT2D eigenvalue weighted by Gasteiger charge is 2.21. The molecule has 0 radical (unpaired) electrons. The Morgan fingerprint density at radius 2 is 1.83 bits per heavy atom. The van der Waals surface area contributed by atoms with Gasteiger partial charge in [-0.1, -0.05) is 35.9 Å². The van der Waals surface area contributed by atoms with Gasteiger partial charge in [0.1, 0.15) is 5.75 Å². The summed E-state index contributed by atoms with van der Waals surface area (Å²) in [5, 5.41) is 10.1. The van der Waals surface area contributed by atoms with Crippen molar-refractivity contribution in [1.29, 1.82) is 0 Å². The standard InChI is InChI=1S/C18H16ClFO4/c1-2-24-18(23)13-9-14(19)16(15(21)10-13)17(22)12-5-3-11(4-6-12)7-8-20/h3-6,9-10,21H,2,7-8H2,1H3. The van der Waals surface area contributed by atoms with Crippen molar-refractivity contribution < 1.29 is 23.8 Å². The van der Waals surface area contributed by atoms with Crippen LogP contribution >= 0.6 is 11.6 Å². The molecule has 4 nitrogen and oxygen atoms in total. The van der Waals surface area contributed by atoms with Crippen LogP contribution in [0.25, 0.3) is 0 Å². The Bertz CT molecular complexity index is 733. The zero-order valence-corrected chi connectivity index (χ0v) is 13.8. The van der Waals surface area contributed by atoms with E-state index in [4.69, 9.17) is 16.3 Å². The zero-order chi connectivity index (χ0) is 17.7. The lowest BCUT2D eigenvalue weighted by Gasteiger charge is -2.09. The number of benzene rings is 2. The first-order chi connectivity index (χ1) is 11.5. The molecule has 0 amide bonds. The zero-order valence-electron chi connectivity index (χ0n) is 13.0. The largest absolute Gasteiger partial charge is 0.507 e. The lowest BCUT2D eigenvalue weighted by Crippen LogP contribution is -2.08. The van der Waals surface area contributed by atoms with E-state index in [-0.39, 0.29) is 29.2 Å². The van der Waals surface area contributed by atoms with Crippen LogP contribution in [0.2, 0.25) is 5.02 Å². The molecule has 0 atom stereocenters. The first-order valence-corrected chi connectivity index (χ1v) is 7.75. The fourth-order valence-electron chi connectivity index (χ4n) is 2.23. The van der Waals surface area contributed by atoms with E-state index in [1.54, 1.807) is 31.2 Å². The average Bonchev–Trinajstić information content (AvgIpc) is 2.55. The summed E-state index contributed by atoms with van der Waals surface area (Å²) in [6.07, 6.45) is 0.273. The van der Waals surface area contributed by atoms with Crippen LogP contribution in [0.15, 0.2) is 36.4 Å². The van der Waals surface area contributed by atoms with Crippen molar-refractivity contribution >= 4 is 23.4 Å². The second kappa shape index (κ2) is 7.93. The SMILES string of the molecule is CCOC(=O)c1cc(O)c(C(=O)c2ccc(CCF)cc2)c(Cl)c1. The molecule has 0 aliphatic carbocycles. The number of ketones is 1. The fraction of sp³-hybridized carbons (Fsp3) is 0.222. The Morgan fingerprint density at radius 1 is 1.17 bits per heavy atom. The van der Waals surface area contributed by atoms with Crippen LogP contribution in [0.5, 0.6) is 5.75 Å². The number of alkyl halides is 1. The summed E-state index contributed by atoms with van der Waals surface area (Å²) >= 11 is 6.07. The number of phenolic OH excluding ortho intramolecular Hbond substituents is 1. The minimum absolute atomic E-state index is 0.0455. The number of ether oxygens (including phenoxy) is 1. The van der Waals surface area contributed by atoms with Gasteiger partial charge in [0.25, 0.3) is 0 Å². The molecule has 0 bridgehead atoms. The quantitative estimate of drug-likeness (QED) is 0.632. The number of aromatic hydroxyl groups is 1. The smallest absolute Gasteiger partial charge is 0.338 e. The molecule has 0 heterocycles. The van der Waals surface area contributed by atoms with E-state index in [2.05, 4.69) is 0 Å². The molecule has 0 unspecified atom stereocenters. The minimum atomic E-state index is -0.635. The predicted octanol–water partition coefficient (Wildman–Crippen LogP) is 3.97. The van der Waals surface area contributed by atoms with Gasteiger partial charge in [-0.2, -0.15) is 0 Å². The highest BCUT2D eigenvalue weighted by atomic mass is 35.5. The third-order valence-corrected chi connectivity index (χ3v) is 3.70. The molecule has 0 spiro atoms. The van der Waals surface area contributed by atoms with E-state index < -0.39 is 24.2 Å². The van der Waals surface area contributed by atoms with E-state index in [1.165, 1.54) is 6.07 Å². The highest BCUT2D eigenvalue weighted by Crippen LogP contribution is 2.30. The van der Waals surface area contributed by atoms with Gasteiger partial charge in [0.15, 0.2) is 5.78 Å². The summed E-state index contributed by atoms with van der Waals surface area (Å²) < 4.78 is 17.1. The number of aryl methyl sites for hydroxylation is 1. The van der Waals surface area contributed by atoms with Crippen LogP contribution in [0, 0.1) is 0 Å². The molecule has 2 rings (SSSR count). The van der Waals surface area contributed by atoms with Gasteiger partial charge in [-0.15, -0.1) is 0 Å². The van der Waals surface area contributed by atoms with Crippen LogP contribution < -0.4 is 0 Å². The third kappa shape index (κ3) is 3.92. The lowest BCUT2D eigenvalue weighted by molar-refractivity contribution is 0.0525. The van der Waals surface area contributed by atoms with Crippen LogP contribution in [0.3, 0.4) is 0 Å². The van der Waals surface area contributed by atoms with Gasteiger partial charge in [-0.25, -0.2) is 4.79 Å².